The molecular formula is C14H10ClFNO4S-. The van der Waals surface area contributed by atoms with Crippen LogP contribution >= 0.6 is 11.6 Å². The monoisotopic (exact) mass is 342 g/mol. The number of halogens is 2. The number of aliphatic carboxylic acids is 1. The Morgan fingerprint density at radius 1 is 1.14 bits per heavy atom. The lowest BCUT2D eigenvalue weighted by molar-refractivity contribution is -0.303. The number of carboxylic acids is 1. The van der Waals surface area contributed by atoms with Gasteiger partial charge in [0.05, 0.1) is 28.1 Å². The molecule has 0 N–H and O–H groups in total. The van der Waals surface area contributed by atoms with Gasteiger partial charge < -0.3 is 9.90 Å². The molecule has 0 aliphatic carbocycles. The second-order valence-corrected chi connectivity index (χ2v) is 6.56. The standard InChI is InChI=1S/C14H11ClFNO4S/c15-12-3-1-2-4-13(12)17(9-14(18)19)22(20,21)11-7-5-10(16)6-8-11/h1-8H,9H2,(H,18,19)/p-1. The van der Waals surface area contributed by atoms with Crippen LogP contribution < -0.4 is 9.41 Å². The number of hydrogen-bond donors (Lipinski definition) is 0. The average Bonchev–Trinajstić information content (AvgIpc) is 2.46. The lowest BCUT2D eigenvalue weighted by Gasteiger charge is -2.25. The fourth-order valence-corrected chi connectivity index (χ4v) is 3.52. The third-order valence-corrected chi connectivity index (χ3v) is 4.89. The van der Waals surface area contributed by atoms with E-state index >= 15 is 0 Å². The Labute approximate surface area is 131 Å². The van der Waals surface area contributed by atoms with E-state index in [4.69, 9.17) is 11.6 Å². The van der Waals surface area contributed by atoms with E-state index in [1.165, 1.54) is 18.2 Å². The van der Waals surface area contributed by atoms with Crippen LogP contribution in [0.2, 0.25) is 5.02 Å². The number of carboxylic acid groups (broad SMARTS) is 1. The molecule has 2 rings (SSSR count). The van der Waals surface area contributed by atoms with Gasteiger partial charge in [0, 0.05) is 0 Å². The molecule has 22 heavy (non-hydrogen) atoms. The average molecular weight is 343 g/mol. The highest BCUT2D eigenvalue weighted by atomic mass is 35.5. The summed E-state index contributed by atoms with van der Waals surface area (Å²) >= 11 is 5.94. The normalized spacial score (nSPS) is 11.2. The number of nitrogens with zero attached hydrogens (tertiary/aromatic N) is 1. The van der Waals surface area contributed by atoms with Gasteiger partial charge in [-0.15, -0.1) is 0 Å². The molecule has 0 aliphatic heterocycles. The van der Waals surface area contributed by atoms with E-state index in [-0.39, 0.29) is 15.6 Å². The molecule has 116 valence electrons. The van der Waals surface area contributed by atoms with Gasteiger partial charge in [0.15, 0.2) is 0 Å². The summed E-state index contributed by atoms with van der Waals surface area (Å²) in [5, 5.41) is 11.0. The van der Waals surface area contributed by atoms with Gasteiger partial charge in [-0.25, -0.2) is 12.8 Å². The molecule has 0 heterocycles. The highest BCUT2D eigenvalue weighted by Crippen LogP contribution is 2.30. The van der Waals surface area contributed by atoms with Crippen molar-refractivity contribution in [1.82, 2.24) is 0 Å². The minimum atomic E-state index is -4.23. The van der Waals surface area contributed by atoms with Gasteiger partial charge in [-0.2, -0.15) is 0 Å². The van der Waals surface area contributed by atoms with E-state index < -0.39 is 28.4 Å². The molecule has 2 aromatic carbocycles. The van der Waals surface area contributed by atoms with Crippen molar-refractivity contribution in [2.75, 3.05) is 10.8 Å². The minimum absolute atomic E-state index is 0.00214. The highest BCUT2D eigenvalue weighted by Gasteiger charge is 2.26. The van der Waals surface area contributed by atoms with Gasteiger partial charge in [-0.1, -0.05) is 23.7 Å². The summed E-state index contributed by atoms with van der Waals surface area (Å²) in [6, 6.07) is 9.92. The van der Waals surface area contributed by atoms with Crippen LogP contribution in [0.1, 0.15) is 0 Å². The van der Waals surface area contributed by atoms with Gasteiger partial charge in [-0.05, 0) is 36.4 Å². The number of carbonyl (C=O) groups is 1. The number of hydrogen-bond acceptors (Lipinski definition) is 4. The zero-order valence-electron chi connectivity index (χ0n) is 11.1. The molecule has 0 bridgehead atoms. The first-order chi connectivity index (χ1) is 10.3. The summed E-state index contributed by atoms with van der Waals surface area (Å²) in [4.78, 5) is 10.7. The van der Waals surface area contributed by atoms with E-state index in [1.54, 1.807) is 6.07 Å². The number of anilines is 1. The van der Waals surface area contributed by atoms with Crippen molar-refractivity contribution < 1.29 is 22.7 Å². The molecule has 0 saturated heterocycles. The van der Waals surface area contributed by atoms with E-state index in [2.05, 4.69) is 0 Å². The maximum atomic E-state index is 12.9. The number of para-hydroxylation sites is 1. The van der Waals surface area contributed by atoms with Crippen LogP contribution in [0.15, 0.2) is 53.4 Å². The summed E-state index contributed by atoms with van der Waals surface area (Å²) in [5.41, 5.74) is -0.00214. The fourth-order valence-electron chi connectivity index (χ4n) is 1.80. The predicted octanol–water partition coefficient (Wildman–Crippen LogP) is 1.42. The molecule has 5 nitrogen and oxygen atoms in total. The van der Waals surface area contributed by atoms with E-state index in [0.29, 0.717) is 4.31 Å². The summed E-state index contributed by atoms with van der Waals surface area (Å²) in [6.07, 6.45) is 0. The molecule has 0 fully saturated rings. The van der Waals surface area contributed by atoms with Crippen LogP contribution in [0.3, 0.4) is 0 Å². The van der Waals surface area contributed by atoms with E-state index in [0.717, 1.165) is 24.3 Å². The van der Waals surface area contributed by atoms with Crippen molar-refractivity contribution >= 4 is 33.3 Å². The first-order valence-electron chi connectivity index (χ1n) is 6.05. The zero-order chi connectivity index (χ0) is 16.3. The SMILES string of the molecule is O=C([O-])CN(c1ccccc1Cl)S(=O)(=O)c1ccc(F)cc1. The summed E-state index contributed by atoms with van der Waals surface area (Å²) in [6.45, 7) is -0.913. The maximum Gasteiger partial charge on any atom is 0.264 e. The van der Waals surface area contributed by atoms with Crippen molar-refractivity contribution in [2.45, 2.75) is 4.90 Å². The van der Waals surface area contributed by atoms with Crippen molar-refractivity contribution in [1.29, 1.82) is 0 Å². The van der Waals surface area contributed by atoms with Crippen molar-refractivity contribution in [2.24, 2.45) is 0 Å². The molecule has 0 radical (unpaired) electrons. The second kappa shape index (κ2) is 6.33. The van der Waals surface area contributed by atoms with Crippen molar-refractivity contribution in [3.63, 3.8) is 0 Å². The largest absolute Gasteiger partial charge is 0.548 e. The third kappa shape index (κ3) is 3.37. The van der Waals surface area contributed by atoms with Gasteiger partial charge in [0.25, 0.3) is 10.0 Å². The lowest BCUT2D eigenvalue weighted by Crippen LogP contribution is -2.41. The molecule has 0 spiro atoms. The first kappa shape index (κ1) is 16.3. The molecule has 0 aromatic heterocycles. The van der Waals surface area contributed by atoms with Crippen molar-refractivity contribution in [3.05, 3.63) is 59.4 Å². The van der Waals surface area contributed by atoms with Crippen LogP contribution in [0.5, 0.6) is 0 Å². The molecular weight excluding hydrogens is 333 g/mol. The Morgan fingerprint density at radius 2 is 1.73 bits per heavy atom. The smallest absolute Gasteiger partial charge is 0.264 e. The lowest BCUT2D eigenvalue weighted by atomic mass is 10.3. The Hall–Kier alpha value is -2.12. The second-order valence-electron chi connectivity index (χ2n) is 4.29. The maximum absolute atomic E-state index is 12.9. The number of carbonyl (C=O) groups excluding carboxylic acids is 1. The molecule has 0 amide bonds. The Balaban J connectivity index is 2.56. The highest BCUT2D eigenvalue weighted by molar-refractivity contribution is 7.92. The van der Waals surface area contributed by atoms with Gasteiger partial charge >= 0.3 is 0 Å². The van der Waals surface area contributed by atoms with E-state index in [9.17, 15) is 22.7 Å². The zero-order valence-corrected chi connectivity index (χ0v) is 12.6. The van der Waals surface area contributed by atoms with Gasteiger partial charge in [0.2, 0.25) is 0 Å². The van der Waals surface area contributed by atoms with E-state index in [1.807, 2.05) is 0 Å². The predicted molar refractivity (Wildman–Crippen MR) is 77.4 cm³/mol. The quantitative estimate of drug-likeness (QED) is 0.823. The number of sulfonamides is 1. The van der Waals surface area contributed by atoms with Crippen molar-refractivity contribution in [3.8, 4) is 0 Å². The molecule has 0 atom stereocenters. The summed E-state index contributed by atoms with van der Waals surface area (Å²) < 4.78 is 38.7. The minimum Gasteiger partial charge on any atom is -0.548 e. The summed E-state index contributed by atoms with van der Waals surface area (Å²) in [5.74, 6) is -2.20. The first-order valence-corrected chi connectivity index (χ1v) is 7.87. The van der Waals surface area contributed by atoms with Crippen LogP contribution in [0.4, 0.5) is 10.1 Å². The van der Waals surface area contributed by atoms with Crippen LogP contribution in [-0.4, -0.2) is 20.9 Å². The number of rotatable bonds is 5. The Morgan fingerprint density at radius 3 is 2.27 bits per heavy atom. The molecule has 0 saturated carbocycles. The van der Waals surface area contributed by atoms with Gasteiger partial charge in [-0.3, -0.25) is 4.31 Å². The summed E-state index contributed by atoms with van der Waals surface area (Å²) in [7, 11) is -4.23. The van der Waals surface area contributed by atoms with Crippen LogP contribution in [0.25, 0.3) is 0 Å². The molecule has 0 unspecified atom stereocenters. The molecule has 0 aliphatic rings. The van der Waals surface area contributed by atoms with Crippen LogP contribution in [0, 0.1) is 5.82 Å². The number of benzene rings is 2. The molecule has 2 aromatic rings. The van der Waals surface area contributed by atoms with Gasteiger partial charge in [0.1, 0.15) is 5.82 Å². The molecule has 8 heteroatoms. The topological polar surface area (TPSA) is 77.5 Å². The third-order valence-electron chi connectivity index (χ3n) is 2.80. The Bertz CT molecular complexity index is 793. The van der Waals surface area contributed by atoms with Crippen LogP contribution in [-0.2, 0) is 14.8 Å². The Kier molecular flexibility index (Phi) is 4.68. The fraction of sp³-hybridized carbons (Fsp3) is 0.0714.